The molecule has 1 atom stereocenters. The number of ether oxygens (including phenoxy) is 2. The average molecular weight is 428 g/mol. The summed E-state index contributed by atoms with van der Waals surface area (Å²) in [5, 5.41) is 4.68. The van der Waals surface area contributed by atoms with E-state index in [2.05, 4.69) is 10.1 Å². The third kappa shape index (κ3) is 4.11. The Balaban J connectivity index is 1.50. The normalized spacial score (nSPS) is 16.0. The molecule has 1 saturated heterocycles. The molecule has 8 heteroatoms. The van der Waals surface area contributed by atoms with Crippen LogP contribution in [0.2, 0.25) is 5.02 Å². The zero-order valence-corrected chi connectivity index (χ0v) is 17.6. The van der Waals surface area contributed by atoms with Crippen molar-refractivity contribution in [2.45, 2.75) is 25.3 Å². The van der Waals surface area contributed by atoms with Crippen LogP contribution in [0.25, 0.3) is 11.4 Å². The molecule has 1 fully saturated rings. The second-order valence-corrected chi connectivity index (χ2v) is 7.51. The highest BCUT2D eigenvalue weighted by atomic mass is 35.5. The SMILES string of the molecule is COc1ccc(CC(=O)N2CCC[C@H]2c2nc(-c3cccc(Cl)c3)no2)cc1OC. The molecule has 1 aliphatic heterocycles. The molecule has 3 aromatic rings. The van der Waals surface area contributed by atoms with Crippen LogP contribution in [0.1, 0.15) is 30.3 Å². The molecule has 4 rings (SSSR count). The first kappa shape index (κ1) is 20.2. The molecule has 7 nitrogen and oxygen atoms in total. The van der Waals surface area contributed by atoms with E-state index in [4.69, 9.17) is 25.6 Å². The Kier molecular flexibility index (Phi) is 5.90. The molecule has 156 valence electrons. The fourth-order valence-corrected chi connectivity index (χ4v) is 3.89. The van der Waals surface area contributed by atoms with Crippen molar-refractivity contribution in [2.75, 3.05) is 20.8 Å². The second-order valence-electron chi connectivity index (χ2n) is 7.08. The summed E-state index contributed by atoms with van der Waals surface area (Å²) in [6, 6.07) is 12.6. The third-order valence-electron chi connectivity index (χ3n) is 5.19. The summed E-state index contributed by atoms with van der Waals surface area (Å²) in [5.74, 6) is 2.15. The summed E-state index contributed by atoms with van der Waals surface area (Å²) >= 11 is 6.06. The fraction of sp³-hybridized carbons (Fsp3) is 0.318. The molecule has 2 aromatic carbocycles. The molecular weight excluding hydrogens is 406 g/mol. The quantitative estimate of drug-likeness (QED) is 0.583. The summed E-state index contributed by atoms with van der Waals surface area (Å²) in [5.41, 5.74) is 1.63. The molecule has 0 radical (unpaired) electrons. The highest BCUT2D eigenvalue weighted by Crippen LogP contribution is 2.33. The molecule has 1 amide bonds. The molecule has 0 spiro atoms. The number of carbonyl (C=O) groups excluding carboxylic acids is 1. The van der Waals surface area contributed by atoms with Gasteiger partial charge in [-0.3, -0.25) is 4.79 Å². The van der Waals surface area contributed by atoms with Gasteiger partial charge in [0.2, 0.25) is 17.6 Å². The van der Waals surface area contributed by atoms with Gasteiger partial charge in [0.15, 0.2) is 11.5 Å². The Labute approximate surface area is 179 Å². The summed E-state index contributed by atoms with van der Waals surface area (Å²) in [6.07, 6.45) is 1.93. The van der Waals surface area contributed by atoms with Crippen molar-refractivity contribution < 1.29 is 18.8 Å². The van der Waals surface area contributed by atoms with Crippen LogP contribution in [0.5, 0.6) is 11.5 Å². The predicted molar refractivity (Wildman–Crippen MR) is 112 cm³/mol. The van der Waals surface area contributed by atoms with Crippen molar-refractivity contribution in [2.24, 2.45) is 0 Å². The van der Waals surface area contributed by atoms with Crippen molar-refractivity contribution in [1.82, 2.24) is 15.0 Å². The smallest absolute Gasteiger partial charge is 0.249 e. The van der Waals surface area contributed by atoms with Gasteiger partial charge in [-0.05, 0) is 42.7 Å². The van der Waals surface area contributed by atoms with E-state index in [0.29, 0.717) is 34.8 Å². The lowest BCUT2D eigenvalue weighted by Crippen LogP contribution is -2.32. The number of halogens is 1. The molecule has 2 heterocycles. The number of hydrogen-bond acceptors (Lipinski definition) is 6. The number of nitrogens with zero attached hydrogens (tertiary/aromatic N) is 3. The standard InChI is InChI=1S/C22H22ClN3O4/c1-28-18-9-8-14(11-19(18)29-2)12-20(27)26-10-4-7-17(26)22-24-21(25-30-22)15-5-3-6-16(23)13-15/h3,5-6,8-9,11,13,17H,4,7,10,12H2,1-2H3/t17-/m0/s1. The van der Waals surface area contributed by atoms with Crippen molar-refractivity contribution in [1.29, 1.82) is 0 Å². The van der Waals surface area contributed by atoms with E-state index in [9.17, 15) is 4.79 Å². The highest BCUT2D eigenvalue weighted by molar-refractivity contribution is 6.30. The Morgan fingerprint density at radius 1 is 1.20 bits per heavy atom. The van der Waals surface area contributed by atoms with Crippen molar-refractivity contribution in [3.8, 4) is 22.9 Å². The van der Waals surface area contributed by atoms with Gasteiger partial charge < -0.3 is 18.9 Å². The van der Waals surface area contributed by atoms with Crippen molar-refractivity contribution in [3.05, 3.63) is 58.9 Å². The molecule has 30 heavy (non-hydrogen) atoms. The average Bonchev–Trinajstić information content (AvgIpc) is 3.43. The molecule has 0 aliphatic carbocycles. The number of carbonyl (C=O) groups is 1. The summed E-state index contributed by atoms with van der Waals surface area (Å²) in [4.78, 5) is 19.4. The molecule has 1 aliphatic rings. The van der Waals surface area contributed by atoms with E-state index >= 15 is 0 Å². The number of amides is 1. The largest absolute Gasteiger partial charge is 0.493 e. The van der Waals surface area contributed by atoms with Gasteiger partial charge in [0, 0.05) is 17.1 Å². The van der Waals surface area contributed by atoms with Crippen LogP contribution in [0.4, 0.5) is 0 Å². The maximum atomic E-state index is 13.0. The molecule has 0 saturated carbocycles. The van der Waals surface area contributed by atoms with Gasteiger partial charge >= 0.3 is 0 Å². The Hall–Kier alpha value is -3.06. The third-order valence-corrected chi connectivity index (χ3v) is 5.42. The molecule has 0 N–H and O–H groups in total. The first-order valence-corrected chi connectivity index (χ1v) is 10.1. The number of likely N-dealkylation sites (tertiary alicyclic amines) is 1. The lowest BCUT2D eigenvalue weighted by molar-refractivity contribution is -0.131. The van der Waals surface area contributed by atoms with Crippen LogP contribution in [-0.4, -0.2) is 41.7 Å². The fourth-order valence-electron chi connectivity index (χ4n) is 3.70. The molecule has 0 unspecified atom stereocenters. The Morgan fingerprint density at radius 2 is 2.03 bits per heavy atom. The minimum absolute atomic E-state index is 0.00669. The molecule has 0 bridgehead atoms. The zero-order chi connectivity index (χ0) is 21.1. The van der Waals surface area contributed by atoms with Gasteiger partial charge in [-0.25, -0.2) is 0 Å². The van der Waals surface area contributed by atoms with Crippen LogP contribution in [0.3, 0.4) is 0 Å². The summed E-state index contributed by atoms with van der Waals surface area (Å²) in [6.45, 7) is 0.658. The van der Waals surface area contributed by atoms with Gasteiger partial charge in [-0.15, -0.1) is 0 Å². The van der Waals surface area contributed by atoms with Crippen LogP contribution < -0.4 is 9.47 Å². The topological polar surface area (TPSA) is 77.7 Å². The molecule has 1 aromatic heterocycles. The van der Waals surface area contributed by atoms with Crippen LogP contribution in [0, 0.1) is 0 Å². The van der Waals surface area contributed by atoms with Crippen LogP contribution >= 0.6 is 11.6 Å². The van der Waals surface area contributed by atoms with Crippen LogP contribution in [0.15, 0.2) is 47.0 Å². The van der Waals surface area contributed by atoms with Gasteiger partial charge in [-0.2, -0.15) is 4.98 Å². The number of aromatic nitrogens is 2. The minimum atomic E-state index is -0.224. The van der Waals surface area contributed by atoms with E-state index in [-0.39, 0.29) is 18.4 Å². The van der Waals surface area contributed by atoms with Crippen LogP contribution in [-0.2, 0) is 11.2 Å². The molecular formula is C22H22ClN3O4. The zero-order valence-electron chi connectivity index (χ0n) is 16.8. The summed E-state index contributed by atoms with van der Waals surface area (Å²) in [7, 11) is 3.16. The van der Waals surface area contributed by atoms with Gasteiger partial charge in [0.1, 0.15) is 6.04 Å². The lowest BCUT2D eigenvalue weighted by atomic mass is 10.1. The van der Waals surface area contributed by atoms with Gasteiger partial charge in [0.25, 0.3) is 0 Å². The number of rotatable bonds is 6. The minimum Gasteiger partial charge on any atom is -0.493 e. The summed E-state index contributed by atoms with van der Waals surface area (Å²) < 4.78 is 16.1. The van der Waals surface area contributed by atoms with Gasteiger partial charge in [-0.1, -0.05) is 35.0 Å². The number of hydrogen-bond donors (Lipinski definition) is 0. The first-order chi connectivity index (χ1) is 14.6. The Bertz CT molecular complexity index is 1050. The number of methoxy groups -OCH3 is 2. The van der Waals surface area contributed by atoms with Crippen molar-refractivity contribution >= 4 is 17.5 Å². The second kappa shape index (κ2) is 8.75. The monoisotopic (exact) mass is 427 g/mol. The van der Waals surface area contributed by atoms with E-state index in [1.165, 1.54) is 0 Å². The van der Waals surface area contributed by atoms with Gasteiger partial charge in [0.05, 0.1) is 20.6 Å². The van der Waals surface area contributed by atoms with E-state index in [1.54, 1.807) is 32.4 Å². The van der Waals surface area contributed by atoms with E-state index in [1.807, 2.05) is 29.2 Å². The first-order valence-electron chi connectivity index (χ1n) is 9.69. The number of benzene rings is 2. The maximum Gasteiger partial charge on any atom is 0.249 e. The maximum absolute atomic E-state index is 13.0. The van der Waals surface area contributed by atoms with Crippen molar-refractivity contribution in [3.63, 3.8) is 0 Å². The highest BCUT2D eigenvalue weighted by Gasteiger charge is 2.34. The Morgan fingerprint density at radius 3 is 2.80 bits per heavy atom. The van der Waals surface area contributed by atoms with E-state index < -0.39 is 0 Å². The lowest BCUT2D eigenvalue weighted by Gasteiger charge is -2.22. The predicted octanol–water partition coefficient (Wildman–Crippen LogP) is 4.31. The van der Waals surface area contributed by atoms with E-state index in [0.717, 1.165) is 24.0 Å².